The summed E-state index contributed by atoms with van der Waals surface area (Å²) >= 11 is 2.53. The summed E-state index contributed by atoms with van der Waals surface area (Å²) in [6, 6.07) is -0.795. The highest BCUT2D eigenvalue weighted by atomic mass is 79.9. The van der Waals surface area contributed by atoms with E-state index in [1.54, 1.807) is 5.32 Å². The number of hydrogen-bond donors (Lipinski definition) is 2. The van der Waals surface area contributed by atoms with Crippen molar-refractivity contribution >= 4 is 27.9 Å². The van der Waals surface area contributed by atoms with Crippen molar-refractivity contribution in [1.82, 2.24) is 10.6 Å². The van der Waals surface area contributed by atoms with E-state index in [1.807, 2.05) is 0 Å². The molecule has 0 bridgehead atoms. The molecule has 14 heavy (non-hydrogen) atoms. The largest absolute Gasteiger partial charge is 0.349 e. The van der Waals surface area contributed by atoms with Crippen LogP contribution in [0, 0.1) is 0 Å². The Hall–Kier alpha value is -0.950. The number of carbonyl (C=O) groups excluding carboxylic acids is 2. The predicted molar refractivity (Wildman–Crippen MR) is 49.4 cm³/mol. The van der Waals surface area contributed by atoms with Crippen molar-refractivity contribution in [3.8, 4) is 0 Å². The van der Waals surface area contributed by atoms with Crippen molar-refractivity contribution in [2.75, 3.05) is 6.61 Å². The van der Waals surface area contributed by atoms with Crippen LogP contribution in [0.1, 0.15) is 0 Å². The first-order valence-electron chi connectivity index (χ1n) is 3.70. The molecule has 7 heteroatoms. The highest BCUT2D eigenvalue weighted by Crippen LogP contribution is 2.27. The zero-order valence-electron chi connectivity index (χ0n) is 7.05. The highest BCUT2D eigenvalue weighted by molar-refractivity contribution is 9.10. The van der Waals surface area contributed by atoms with E-state index in [1.165, 1.54) is 6.08 Å². The SMILES string of the molecule is C=CCO[C@H]1NC(=O)NC(=O)[C@]1(F)Br. The fourth-order valence-corrected chi connectivity index (χ4v) is 1.21. The fraction of sp³-hybridized carbons (Fsp3) is 0.429. The number of nitrogens with one attached hydrogen (secondary N) is 2. The monoisotopic (exact) mass is 266 g/mol. The van der Waals surface area contributed by atoms with Crippen LogP contribution in [0.2, 0.25) is 0 Å². The Balaban J connectivity index is 2.74. The smallest absolute Gasteiger partial charge is 0.323 e. The summed E-state index contributed by atoms with van der Waals surface area (Å²) in [6.07, 6.45) is 0.0172. The van der Waals surface area contributed by atoms with Gasteiger partial charge in [-0.25, -0.2) is 9.18 Å². The summed E-state index contributed by atoms with van der Waals surface area (Å²) in [4.78, 5) is 21.8. The van der Waals surface area contributed by atoms with Crippen LogP contribution in [0.4, 0.5) is 9.18 Å². The summed E-state index contributed by atoms with van der Waals surface area (Å²) in [5.41, 5.74) is 0. The van der Waals surface area contributed by atoms with Crippen LogP contribution in [0.15, 0.2) is 12.7 Å². The first kappa shape index (κ1) is 11.1. The number of alkyl halides is 2. The number of urea groups is 1. The molecule has 0 aliphatic carbocycles. The first-order chi connectivity index (χ1) is 6.48. The van der Waals surface area contributed by atoms with E-state index in [0.29, 0.717) is 0 Å². The number of hydrogen-bond acceptors (Lipinski definition) is 3. The molecule has 1 aliphatic heterocycles. The normalized spacial score (nSPS) is 32.0. The Bertz CT molecular complexity index is 282. The van der Waals surface area contributed by atoms with E-state index >= 15 is 0 Å². The molecular formula is C7H8BrFN2O3. The van der Waals surface area contributed by atoms with E-state index in [2.05, 4.69) is 27.8 Å². The number of imide groups is 1. The Morgan fingerprint density at radius 1 is 1.71 bits per heavy atom. The van der Waals surface area contributed by atoms with Crippen LogP contribution in [0.25, 0.3) is 0 Å². The summed E-state index contributed by atoms with van der Waals surface area (Å²) in [5.74, 6) is -1.09. The van der Waals surface area contributed by atoms with Crippen LogP contribution in [-0.2, 0) is 9.53 Å². The average Bonchev–Trinajstić information content (AvgIpc) is 2.09. The van der Waals surface area contributed by atoms with Crippen molar-refractivity contribution in [2.45, 2.75) is 10.8 Å². The minimum atomic E-state index is -2.45. The van der Waals surface area contributed by atoms with Gasteiger partial charge >= 0.3 is 6.03 Å². The molecule has 1 fully saturated rings. The molecule has 1 aliphatic rings. The average molecular weight is 267 g/mol. The van der Waals surface area contributed by atoms with Gasteiger partial charge in [-0.15, -0.1) is 6.58 Å². The number of rotatable bonds is 3. The molecule has 0 spiro atoms. The summed E-state index contributed by atoms with van der Waals surface area (Å²) < 4.78 is 16.0. The van der Waals surface area contributed by atoms with E-state index < -0.39 is 22.7 Å². The van der Waals surface area contributed by atoms with Crippen molar-refractivity contribution in [1.29, 1.82) is 0 Å². The lowest BCUT2D eigenvalue weighted by atomic mass is 10.2. The Morgan fingerprint density at radius 3 is 2.93 bits per heavy atom. The molecule has 78 valence electrons. The van der Waals surface area contributed by atoms with Crippen LogP contribution in [0.5, 0.6) is 0 Å². The van der Waals surface area contributed by atoms with E-state index in [9.17, 15) is 14.0 Å². The molecule has 1 heterocycles. The van der Waals surface area contributed by atoms with Crippen LogP contribution in [0.3, 0.4) is 0 Å². The molecule has 1 rings (SSSR count). The maximum absolute atomic E-state index is 13.6. The molecule has 2 N–H and O–H groups in total. The third-order valence-corrected chi connectivity index (χ3v) is 2.28. The molecule has 0 aromatic carbocycles. The second-order valence-corrected chi connectivity index (χ2v) is 3.71. The molecule has 5 nitrogen and oxygen atoms in total. The Morgan fingerprint density at radius 2 is 2.36 bits per heavy atom. The van der Waals surface area contributed by atoms with Gasteiger partial charge in [-0.1, -0.05) is 6.08 Å². The standard InChI is InChI=1S/C7H8BrFN2O3/c1-2-3-14-5-7(8,9)4(12)10-6(13)11-5/h2,5H,1,3H2,(H2,10,11,12,13)/t5-,7-/m1/s1. The Labute approximate surface area is 87.8 Å². The van der Waals surface area contributed by atoms with Crippen molar-refractivity contribution < 1.29 is 18.7 Å². The van der Waals surface area contributed by atoms with Gasteiger partial charge in [0.1, 0.15) is 0 Å². The molecule has 0 radical (unpaired) electrons. The van der Waals surface area contributed by atoms with Crippen LogP contribution in [-0.4, -0.2) is 29.4 Å². The van der Waals surface area contributed by atoms with Gasteiger partial charge < -0.3 is 10.1 Å². The molecule has 0 aromatic rings. The van der Waals surface area contributed by atoms with Gasteiger partial charge in [-0.05, 0) is 15.9 Å². The molecule has 0 saturated carbocycles. The predicted octanol–water partition coefficient (Wildman–Crippen LogP) is 0.415. The van der Waals surface area contributed by atoms with Gasteiger partial charge in [0.2, 0.25) is 0 Å². The molecule has 1 saturated heterocycles. The third-order valence-electron chi connectivity index (χ3n) is 1.50. The minimum Gasteiger partial charge on any atom is -0.349 e. The fourth-order valence-electron chi connectivity index (χ4n) is 0.862. The maximum atomic E-state index is 13.6. The van der Waals surface area contributed by atoms with E-state index in [4.69, 9.17) is 4.74 Å². The molecule has 3 amide bonds. The van der Waals surface area contributed by atoms with Crippen molar-refractivity contribution in [3.63, 3.8) is 0 Å². The molecule has 2 atom stereocenters. The number of amides is 3. The van der Waals surface area contributed by atoms with Gasteiger partial charge in [0.15, 0.2) is 6.23 Å². The summed E-state index contributed by atoms with van der Waals surface area (Å²) in [7, 11) is 0. The summed E-state index contributed by atoms with van der Waals surface area (Å²) in [5, 5.41) is 3.87. The van der Waals surface area contributed by atoms with Gasteiger partial charge in [0.25, 0.3) is 10.5 Å². The minimum absolute atomic E-state index is 0.0233. The van der Waals surface area contributed by atoms with Crippen LogP contribution >= 0.6 is 15.9 Å². The third kappa shape index (κ3) is 2.10. The lowest BCUT2D eigenvalue weighted by Gasteiger charge is -2.31. The first-order valence-corrected chi connectivity index (χ1v) is 4.50. The number of halogens is 2. The van der Waals surface area contributed by atoms with Crippen molar-refractivity contribution in [2.24, 2.45) is 0 Å². The van der Waals surface area contributed by atoms with Gasteiger partial charge in [0, 0.05) is 0 Å². The van der Waals surface area contributed by atoms with Gasteiger partial charge in [-0.2, -0.15) is 0 Å². The zero-order chi connectivity index (χ0) is 10.8. The Kier molecular flexibility index (Phi) is 3.22. The summed E-state index contributed by atoms with van der Waals surface area (Å²) in [6.45, 7) is 3.38. The van der Waals surface area contributed by atoms with E-state index in [0.717, 1.165) is 0 Å². The topological polar surface area (TPSA) is 67.4 Å². The lowest BCUT2D eigenvalue weighted by Crippen LogP contribution is -2.65. The second kappa shape index (κ2) is 4.05. The highest BCUT2D eigenvalue weighted by Gasteiger charge is 2.50. The quantitative estimate of drug-likeness (QED) is 0.575. The van der Waals surface area contributed by atoms with Crippen molar-refractivity contribution in [3.05, 3.63) is 12.7 Å². The van der Waals surface area contributed by atoms with Gasteiger partial charge in [-0.3, -0.25) is 10.1 Å². The lowest BCUT2D eigenvalue weighted by molar-refractivity contribution is -0.136. The maximum Gasteiger partial charge on any atom is 0.323 e. The molecular weight excluding hydrogens is 259 g/mol. The van der Waals surface area contributed by atoms with E-state index in [-0.39, 0.29) is 6.61 Å². The number of carbonyl (C=O) groups is 2. The number of ether oxygens (including phenoxy) is 1. The van der Waals surface area contributed by atoms with Gasteiger partial charge in [0.05, 0.1) is 6.61 Å². The molecule has 0 aromatic heterocycles. The zero-order valence-corrected chi connectivity index (χ0v) is 8.64. The molecule has 0 unspecified atom stereocenters. The van der Waals surface area contributed by atoms with Crippen LogP contribution < -0.4 is 10.6 Å². The second-order valence-electron chi connectivity index (χ2n) is 2.55.